The third kappa shape index (κ3) is 3.81. The molecule has 0 bridgehead atoms. The van der Waals surface area contributed by atoms with Crippen LogP contribution in [0.15, 0.2) is 60.4 Å². The first-order valence-corrected chi connectivity index (χ1v) is 11.0. The number of anilines is 1. The third-order valence-corrected chi connectivity index (χ3v) is 6.39. The van der Waals surface area contributed by atoms with E-state index >= 15 is 0 Å². The van der Waals surface area contributed by atoms with E-state index < -0.39 is 0 Å². The highest BCUT2D eigenvalue weighted by atomic mass is 32.1. The summed E-state index contributed by atoms with van der Waals surface area (Å²) in [5.74, 6) is 0.810. The van der Waals surface area contributed by atoms with Gasteiger partial charge in [0.05, 0.1) is 36.0 Å². The van der Waals surface area contributed by atoms with E-state index in [1.165, 1.54) is 4.88 Å². The lowest BCUT2D eigenvalue weighted by Gasteiger charge is -2.37. The molecule has 0 aliphatic carbocycles. The highest BCUT2D eigenvalue weighted by Crippen LogP contribution is 2.28. The van der Waals surface area contributed by atoms with Crippen molar-refractivity contribution < 1.29 is 4.74 Å². The number of morpholine rings is 1. The van der Waals surface area contributed by atoms with Crippen LogP contribution in [0.25, 0.3) is 16.7 Å². The fraction of sp³-hybridized carbons (Fsp3) is 0.318. The topological polar surface area (TPSA) is 68.1 Å². The van der Waals surface area contributed by atoms with E-state index in [1.807, 2.05) is 41.2 Å². The largest absolute Gasteiger partial charge is 0.376 e. The summed E-state index contributed by atoms with van der Waals surface area (Å²) in [5.41, 5.74) is 1.78. The molecule has 3 aromatic heterocycles. The van der Waals surface area contributed by atoms with Crippen molar-refractivity contribution in [1.82, 2.24) is 24.6 Å². The number of aromatic nitrogens is 4. The molecule has 1 fully saturated rings. The third-order valence-electron chi connectivity index (χ3n) is 5.41. The zero-order valence-corrected chi connectivity index (χ0v) is 17.6. The fourth-order valence-corrected chi connectivity index (χ4v) is 4.82. The van der Waals surface area contributed by atoms with Gasteiger partial charge in [-0.25, -0.2) is 14.6 Å². The van der Waals surface area contributed by atoms with Gasteiger partial charge in [0, 0.05) is 24.5 Å². The maximum Gasteiger partial charge on any atom is 0.168 e. The van der Waals surface area contributed by atoms with Crippen molar-refractivity contribution in [3.05, 3.63) is 65.2 Å². The van der Waals surface area contributed by atoms with E-state index in [9.17, 15) is 0 Å². The number of rotatable bonds is 6. The number of fused-ring (bicyclic) bond motifs is 1. The zero-order chi connectivity index (χ0) is 20.3. The monoisotopic (exact) mass is 420 g/mol. The molecule has 0 amide bonds. The van der Waals surface area contributed by atoms with Gasteiger partial charge in [-0.3, -0.25) is 4.90 Å². The van der Waals surface area contributed by atoms with Crippen molar-refractivity contribution >= 4 is 28.2 Å². The lowest BCUT2D eigenvalue weighted by atomic mass is 10.1. The minimum atomic E-state index is 0.246. The van der Waals surface area contributed by atoms with E-state index in [4.69, 9.17) is 4.74 Å². The summed E-state index contributed by atoms with van der Waals surface area (Å²) >= 11 is 1.79. The van der Waals surface area contributed by atoms with Gasteiger partial charge in [-0.05, 0) is 30.5 Å². The normalized spacial score (nSPS) is 18.5. The average molecular weight is 421 g/mol. The first kappa shape index (κ1) is 19.2. The quantitative estimate of drug-likeness (QED) is 0.512. The summed E-state index contributed by atoms with van der Waals surface area (Å²) in [6, 6.07) is 14.6. The van der Waals surface area contributed by atoms with Gasteiger partial charge in [-0.15, -0.1) is 11.3 Å². The molecule has 1 aliphatic heterocycles. The van der Waals surface area contributed by atoms with Gasteiger partial charge >= 0.3 is 0 Å². The SMILES string of the molecule is CC1CN(C(CNc2ncnc3c2cnn3-c2ccccc2)c2cccs2)CCO1. The Kier molecular flexibility index (Phi) is 5.44. The number of para-hydroxylation sites is 1. The molecule has 4 aromatic rings. The summed E-state index contributed by atoms with van der Waals surface area (Å²) in [5, 5.41) is 11.2. The lowest BCUT2D eigenvalue weighted by Crippen LogP contribution is -2.44. The summed E-state index contributed by atoms with van der Waals surface area (Å²) in [6.07, 6.45) is 3.68. The van der Waals surface area contributed by atoms with Gasteiger partial charge in [-0.2, -0.15) is 5.10 Å². The second kappa shape index (κ2) is 8.51. The van der Waals surface area contributed by atoms with Crippen molar-refractivity contribution in [1.29, 1.82) is 0 Å². The fourth-order valence-electron chi connectivity index (χ4n) is 3.96. The number of hydrogen-bond donors (Lipinski definition) is 1. The minimum absolute atomic E-state index is 0.246. The Morgan fingerprint density at radius 1 is 1.20 bits per heavy atom. The summed E-state index contributed by atoms with van der Waals surface area (Å²) in [6.45, 7) is 5.52. The van der Waals surface area contributed by atoms with E-state index in [-0.39, 0.29) is 12.1 Å². The molecule has 1 N–H and O–H groups in total. The van der Waals surface area contributed by atoms with Crippen LogP contribution in [0.4, 0.5) is 5.82 Å². The van der Waals surface area contributed by atoms with Crippen LogP contribution >= 0.6 is 11.3 Å². The van der Waals surface area contributed by atoms with E-state index in [1.54, 1.807) is 17.7 Å². The Morgan fingerprint density at radius 2 is 2.10 bits per heavy atom. The molecule has 5 rings (SSSR count). The Labute approximate surface area is 179 Å². The second-order valence-corrected chi connectivity index (χ2v) is 8.42. The number of thiophene rings is 1. The van der Waals surface area contributed by atoms with Crippen LogP contribution in [0.5, 0.6) is 0 Å². The lowest BCUT2D eigenvalue weighted by molar-refractivity contribution is -0.0322. The van der Waals surface area contributed by atoms with Crippen LogP contribution in [0.3, 0.4) is 0 Å². The number of nitrogens with zero attached hydrogens (tertiary/aromatic N) is 5. The Morgan fingerprint density at radius 3 is 2.90 bits per heavy atom. The van der Waals surface area contributed by atoms with Crippen LogP contribution in [0.2, 0.25) is 0 Å². The van der Waals surface area contributed by atoms with Crippen molar-refractivity contribution in [3.63, 3.8) is 0 Å². The molecular formula is C22H24N6OS. The van der Waals surface area contributed by atoms with Gasteiger partial charge in [0.2, 0.25) is 0 Å². The molecule has 0 saturated carbocycles. The van der Waals surface area contributed by atoms with Gasteiger partial charge in [0.25, 0.3) is 0 Å². The van der Waals surface area contributed by atoms with Crippen LogP contribution in [0.1, 0.15) is 17.8 Å². The predicted octanol–water partition coefficient (Wildman–Crippen LogP) is 3.75. The number of nitrogens with one attached hydrogen (secondary N) is 1. The molecule has 7 nitrogen and oxygen atoms in total. The summed E-state index contributed by atoms with van der Waals surface area (Å²) in [7, 11) is 0. The minimum Gasteiger partial charge on any atom is -0.376 e. The van der Waals surface area contributed by atoms with Crippen molar-refractivity contribution in [2.75, 3.05) is 31.6 Å². The van der Waals surface area contributed by atoms with Crippen molar-refractivity contribution in [2.45, 2.75) is 19.1 Å². The van der Waals surface area contributed by atoms with E-state index in [0.29, 0.717) is 0 Å². The van der Waals surface area contributed by atoms with Crippen LogP contribution < -0.4 is 5.32 Å². The van der Waals surface area contributed by atoms with Crippen molar-refractivity contribution in [2.24, 2.45) is 0 Å². The van der Waals surface area contributed by atoms with Crippen LogP contribution in [-0.2, 0) is 4.74 Å². The van der Waals surface area contributed by atoms with Gasteiger partial charge in [0.1, 0.15) is 12.1 Å². The Hall–Kier alpha value is -2.81. The molecule has 0 spiro atoms. The smallest absolute Gasteiger partial charge is 0.168 e. The maximum atomic E-state index is 5.75. The predicted molar refractivity (Wildman–Crippen MR) is 119 cm³/mol. The highest BCUT2D eigenvalue weighted by Gasteiger charge is 2.26. The summed E-state index contributed by atoms with van der Waals surface area (Å²) in [4.78, 5) is 12.8. The molecule has 2 unspecified atom stereocenters. The maximum absolute atomic E-state index is 5.75. The zero-order valence-electron chi connectivity index (χ0n) is 16.8. The average Bonchev–Trinajstić information content (AvgIpc) is 3.45. The number of ether oxygens (including phenoxy) is 1. The highest BCUT2D eigenvalue weighted by molar-refractivity contribution is 7.10. The first-order valence-electron chi connectivity index (χ1n) is 10.2. The molecule has 1 saturated heterocycles. The molecule has 2 atom stereocenters. The Balaban J connectivity index is 1.41. The van der Waals surface area contributed by atoms with Gasteiger partial charge < -0.3 is 10.1 Å². The molecule has 0 radical (unpaired) electrons. The van der Waals surface area contributed by atoms with Gasteiger partial charge in [0.15, 0.2) is 5.65 Å². The molecule has 30 heavy (non-hydrogen) atoms. The van der Waals surface area contributed by atoms with Crippen molar-refractivity contribution in [3.8, 4) is 5.69 Å². The molecular weight excluding hydrogens is 396 g/mol. The van der Waals surface area contributed by atoms with Crippen LogP contribution in [-0.4, -0.2) is 57.0 Å². The second-order valence-electron chi connectivity index (χ2n) is 7.44. The number of hydrogen-bond acceptors (Lipinski definition) is 7. The molecule has 4 heterocycles. The van der Waals surface area contributed by atoms with E-state index in [2.05, 4.69) is 49.7 Å². The standard InChI is InChI=1S/C22H24N6OS/c1-16-14-27(9-10-29-16)19(20-8-5-11-30-20)13-23-21-18-12-26-28(22(18)25-15-24-21)17-6-3-2-4-7-17/h2-8,11-12,15-16,19H,9-10,13-14H2,1H3,(H,23,24,25). The molecule has 8 heteroatoms. The van der Waals surface area contributed by atoms with E-state index in [0.717, 1.165) is 48.8 Å². The Bertz CT molecular complexity index is 1100. The molecule has 1 aromatic carbocycles. The van der Waals surface area contributed by atoms with Gasteiger partial charge in [-0.1, -0.05) is 24.3 Å². The first-order chi connectivity index (χ1) is 14.8. The van der Waals surface area contributed by atoms with Crippen LogP contribution in [0, 0.1) is 0 Å². The summed E-state index contributed by atoms with van der Waals surface area (Å²) < 4.78 is 7.60. The molecule has 1 aliphatic rings. The number of benzene rings is 1. The molecule has 154 valence electrons.